The maximum Gasteiger partial charge on any atom is 1.00 e. The third-order valence-electron chi connectivity index (χ3n) is 7.55. The molecule has 1 saturated heterocycles. The van der Waals surface area contributed by atoms with Crippen molar-refractivity contribution in [1.29, 1.82) is 0 Å². The first-order valence-electron chi connectivity index (χ1n) is 14.5. The van der Waals surface area contributed by atoms with Crippen molar-refractivity contribution >= 4 is 91.9 Å². The normalized spacial score (nSPS) is 17.7. The Morgan fingerprint density at radius 2 is 1.98 bits per heavy atom. The predicted octanol–water partition coefficient (Wildman–Crippen LogP) is -4.36. The number of aromatic nitrogens is 7. The number of amides is 4. The van der Waals surface area contributed by atoms with Crippen LogP contribution in [-0.4, -0.2) is 97.3 Å². The molecule has 4 aromatic rings. The van der Waals surface area contributed by atoms with Gasteiger partial charge in [-0.3, -0.25) is 33.4 Å². The molecule has 52 heavy (non-hydrogen) atoms. The molecular weight excluding hydrogens is 770 g/mol. The first kappa shape index (κ1) is 38.9. The summed E-state index contributed by atoms with van der Waals surface area (Å²) in [5.74, 6) is -2.94. The molecule has 1 fully saturated rings. The van der Waals surface area contributed by atoms with Gasteiger partial charge >= 0.3 is 35.6 Å². The summed E-state index contributed by atoms with van der Waals surface area (Å²) in [4.78, 5) is 79.0. The van der Waals surface area contributed by atoms with Crippen molar-refractivity contribution in [2.75, 3.05) is 33.7 Å². The Balaban J connectivity index is 0.00000523. The Hall–Kier alpha value is -4.33. The van der Waals surface area contributed by atoms with Crippen LogP contribution in [0, 0.1) is 0 Å². The molecule has 4 amide bonds. The number of nitrogen functional groups attached to an aromatic ring is 1. The smallest absolute Gasteiger partial charge is 0.543 e. The van der Waals surface area contributed by atoms with E-state index in [1.807, 2.05) is 0 Å². The van der Waals surface area contributed by atoms with Gasteiger partial charge in [-0.25, -0.2) is 19.4 Å². The van der Waals surface area contributed by atoms with Gasteiger partial charge in [0.25, 0.3) is 11.5 Å². The third kappa shape index (κ3) is 7.86. The number of thiazole rings is 1. The van der Waals surface area contributed by atoms with Crippen LogP contribution in [0.2, 0.25) is 0 Å². The molecule has 3 aromatic heterocycles. The zero-order valence-electron chi connectivity index (χ0n) is 27.3. The van der Waals surface area contributed by atoms with E-state index < -0.39 is 63.3 Å². The van der Waals surface area contributed by atoms with Crippen molar-refractivity contribution in [1.82, 2.24) is 45.4 Å². The number of nitrogens with one attached hydrogen (secondary N) is 3. The molecule has 2 aliphatic heterocycles. The maximum absolute atomic E-state index is 14.0. The number of carboxylic acids is 1. The number of tetrazole rings is 1. The Labute approximate surface area is 330 Å². The SMILES string of the molecule is Cn1nnnc1SCC1=C(C(=O)[O-])N2C(=O)[C@@H](NC(=O)C(c3csc(N)n3)N(C(N)=O)c3cnc(Nc4ccc(S(C)=O)cc4)[nH]c3=O)[C@@H]2SC1.[Na+]. The number of fused-ring (bicyclic) bond motifs is 1. The summed E-state index contributed by atoms with van der Waals surface area (Å²) in [5, 5.41) is 29.9. The molecule has 5 heterocycles. The minimum Gasteiger partial charge on any atom is -0.543 e. The number of aryl methyl sites for hydroxylation is 1. The topological polar surface area (TPSA) is 293 Å². The fourth-order valence-corrected chi connectivity index (χ4v) is 8.63. The fraction of sp³-hybridized carbons (Fsp3) is 0.259. The van der Waals surface area contributed by atoms with Crippen molar-refractivity contribution in [2.24, 2.45) is 12.8 Å². The number of hydrogen-bond acceptors (Lipinski definition) is 17. The van der Waals surface area contributed by atoms with E-state index in [1.54, 1.807) is 31.3 Å². The summed E-state index contributed by atoms with van der Waals surface area (Å²) in [6, 6.07) is 2.38. The number of benzene rings is 1. The summed E-state index contributed by atoms with van der Waals surface area (Å²) < 4.78 is 13.1. The molecule has 20 nitrogen and oxygen atoms in total. The van der Waals surface area contributed by atoms with E-state index in [2.05, 4.69) is 41.1 Å². The molecule has 0 radical (unpaired) electrons. The van der Waals surface area contributed by atoms with Crippen LogP contribution in [0.1, 0.15) is 11.7 Å². The molecule has 1 aromatic carbocycles. The first-order chi connectivity index (χ1) is 24.3. The largest absolute Gasteiger partial charge is 1.00 e. The number of thioether (sulfide) groups is 2. The standard InChI is InChI=1S/C27H27N13O7S4.Na/c1-38-27(35-36-37-38)50-9-11-8-48-22-16(21(43)40(22)17(11)23(44)45)33-20(42)18(14-10-49-24(28)32-14)39(25(29)46)15-7-30-26(34-19(15)41)31-12-3-5-13(6-4-12)51(2)47;/h3-7,10,16,18,22H,8-9H2,1-2H3,(H2,28,32)(H2,29,46)(H,33,42)(H,44,45)(H2,30,31,34,41);/q;+1/p-1/t16-,18?,22+,51?;/m1./s1. The van der Waals surface area contributed by atoms with Gasteiger partial charge in [-0.2, -0.15) is 0 Å². The number of nitrogens with zero attached hydrogens (tertiary/aromatic N) is 8. The number of rotatable bonds is 12. The van der Waals surface area contributed by atoms with Crippen LogP contribution in [0.5, 0.6) is 0 Å². The van der Waals surface area contributed by atoms with Crippen molar-refractivity contribution in [2.45, 2.75) is 27.5 Å². The van der Waals surface area contributed by atoms with Crippen LogP contribution in [0.4, 0.5) is 27.2 Å². The number of β-lactam (4-membered cyclic amide) rings is 1. The van der Waals surface area contributed by atoms with Gasteiger partial charge < -0.3 is 32.0 Å². The van der Waals surface area contributed by atoms with Crippen LogP contribution in [0.15, 0.2) is 62.0 Å². The Bertz CT molecular complexity index is 2160. The average molecular weight is 796 g/mol. The van der Waals surface area contributed by atoms with Crippen molar-refractivity contribution < 1.29 is 58.1 Å². The summed E-state index contributed by atoms with van der Waals surface area (Å²) in [6.07, 6.45) is 2.56. The predicted molar refractivity (Wildman–Crippen MR) is 185 cm³/mol. The molecular formula is C27H26N13NaO7S4. The Morgan fingerprint density at radius 3 is 2.56 bits per heavy atom. The number of urea groups is 1. The quantitative estimate of drug-likeness (QED) is 0.0514. The van der Waals surface area contributed by atoms with E-state index in [9.17, 15) is 33.3 Å². The molecule has 6 rings (SSSR count). The molecule has 0 saturated carbocycles. The maximum atomic E-state index is 14.0. The molecule has 0 bridgehead atoms. The number of carbonyl (C=O) groups excluding carboxylic acids is 4. The number of H-pyrrole nitrogens is 1. The fourth-order valence-electron chi connectivity index (χ4n) is 5.20. The van der Waals surface area contributed by atoms with Crippen molar-refractivity contribution in [3.05, 3.63) is 63.2 Å². The molecule has 2 aliphatic rings. The van der Waals surface area contributed by atoms with E-state index in [0.29, 0.717) is 26.2 Å². The monoisotopic (exact) mass is 795 g/mol. The van der Waals surface area contributed by atoms with Gasteiger partial charge in [-0.15, -0.1) is 28.2 Å². The van der Waals surface area contributed by atoms with Gasteiger partial charge in [-0.1, -0.05) is 11.8 Å². The molecule has 4 atom stereocenters. The average Bonchev–Trinajstić information content (AvgIpc) is 3.71. The zero-order valence-corrected chi connectivity index (χ0v) is 32.6. The second-order valence-corrected chi connectivity index (χ2v) is 15.1. The van der Waals surface area contributed by atoms with Crippen molar-refractivity contribution in [3.63, 3.8) is 0 Å². The molecule has 25 heteroatoms. The van der Waals surface area contributed by atoms with Gasteiger partial charge in [-0.05, 0) is 40.3 Å². The van der Waals surface area contributed by atoms with E-state index in [-0.39, 0.29) is 63.5 Å². The van der Waals surface area contributed by atoms with E-state index >= 15 is 0 Å². The molecule has 266 valence electrons. The number of nitrogens with two attached hydrogens (primary N) is 2. The third-order valence-corrected chi connectivity index (χ3v) is 11.6. The van der Waals surface area contributed by atoms with Crippen molar-refractivity contribution in [3.8, 4) is 0 Å². The van der Waals surface area contributed by atoms with Crippen LogP contribution in [0.25, 0.3) is 0 Å². The summed E-state index contributed by atoms with van der Waals surface area (Å²) >= 11 is 3.34. The number of hydrogen-bond donors (Lipinski definition) is 5. The number of carboxylic acid groups (broad SMARTS) is 1. The Morgan fingerprint density at radius 1 is 1.25 bits per heavy atom. The summed E-state index contributed by atoms with van der Waals surface area (Å²) in [6.45, 7) is 0. The number of aromatic amines is 1. The number of primary amides is 1. The summed E-state index contributed by atoms with van der Waals surface area (Å²) in [5.41, 5.74) is 10.8. The van der Waals surface area contributed by atoms with E-state index in [1.165, 1.54) is 39.8 Å². The van der Waals surface area contributed by atoms with Gasteiger partial charge in [0, 0.05) is 51.6 Å². The van der Waals surface area contributed by atoms with E-state index in [4.69, 9.17) is 11.5 Å². The second-order valence-electron chi connectivity index (χ2n) is 10.8. The van der Waals surface area contributed by atoms with Crippen LogP contribution < -0.4 is 67.2 Å². The van der Waals surface area contributed by atoms with E-state index in [0.717, 1.165) is 22.4 Å². The van der Waals surface area contributed by atoms with Gasteiger partial charge in [0.1, 0.15) is 17.1 Å². The molecule has 0 spiro atoms. The minimum absolute atomic E-state index is 0. The van der Waals surface area contributed by atoms with Gasteiger partial charge in [0.05, 0.1) is 23.6 Å². The minimum atomic E-state index is -1.70. The Kier molecular flexibility index (Phi) is 12.1. The number of anilines is 4. The number of carbonyl (C=O) groups is 4. The van der Waals surface area contributed by atoms with Gasteiger partial charge in [0.2, 0.25) is 17.0 Å². The van der Waals surface area contributed by atoms with Crippen LogP contribution in [0.3, 0.4) is 0 Å². The molecule has 2 unspecified atom stereocenters. The van der Waals surface area contributed by atoms with Gasteiger partial charge in [0.15, 0.2) is 11.2 Å². The molecule has 0 aliphatic carbocycles. The molecule has 7 N–H and O–H groups in total. The summed E-state index contributed by atoms with van der Waals surface area (Å²) in [7, 11) is 0.432. The first-order valence-corrected chi connectivity index (χ1v) is 18.9. The zero-order chi connectivity index (χ0) is 36.6. The second kappa shape index (κ2) is 16.1. The van der Waals surface area contributed by atoms with Crippen LogP contribution in [-0.2, 0) is 32.2 Å². The van der Waals surface area contributed by atoms with Crippen LogP contribution >= 0.6 is 34.9 Å². The number of aliphatic carboxylic acids is 1.